The van der Waals surface area contributed by atoms with Crippen LogP contribution in [0.2, 0.25) is 0 Å². The van der Waals surface area contributed by atoms with Crippen molar-refractivity contribution in [3.63, 3.8) is 0 Å². The van der Waals surface area contributed by atoms with Gasteiger partial charge in [-0.25, -0.2) is 13.9 Å². The number of anilines is 1. The van der Waals surface area contributed by atoms with Crippen molar-refractivity contribution in [2.75, 3.05) is 45.7 Å². The van der Waals surface area contributed by atoms with E-state index in [1.807, 2.05) is 37.7 Å². The van der Waals surface area contributed by atoms with E-state index in [9.17, 15) is 39.5 Å². The van der Waals surface area contributed by atoms with Crippen LogP contribution in [0.4, 0.5) is 14.9 Å². The largest absolute Gasteiger partial charge is 0.459 e. The summed E-state index contributed by atoms with van der Waals surface area (Å²) in [4.78, 5) is 32.4. The van der Waals surface area contributed by atoms with Gasteiger partial charge in [-0.15, -0.1) is 5.10 Å². The van der Waals surface area contributed by atoms with E-state index in [1.54, 1.807) is 65.4 Å². The molecule has 4 saturated heterocycles. The highest BCUT2D eigenvalue weighted by Crippen LogP contribution is 2.40. The first-order valence-corrected chi connectivity index (χ1v) is 25.6. The number of nitrogens with zero attached hydrogens (tertiary/aromatic N) is 6. The molecule has 0 saturated carbocycles. The smallest absolute Gasteiger partial charge is 0.414 e. The zero-order chi connectivity index (χ0) is 53.2. The van der Waals surface area contributed by atoms with Crippen LogP contribution in [0, 0.1) is 23.6 Å². The lowest BCUT2D eigenvalue weighted by Crippen LogP contribution is -2.61. The molecule has 0 radical (unpaired) electrons. The number of amides is 1. The molecule has 4 aliphatic heterocycles. The van der Waals surface area contributed by atoms with Crippen molar-refractivity contribution in [3.05, 3.63) is 42.0 Å². The molecule has 2 unspecified atom stereocenters. The van der Waals surface area contributed by atoms with Crippen LogP contribution in [-0.2, 0) is 50.9 Å². The zero-order valence-corrected chi connectivity index (χ0v) is 44.5. The molecule has 20 nitrogen and oxygen atoms in total. The fraction of sp³-hybridized carbons (Fsp3) is 0.804. The van der Waals surface area contributed by atoms with Gasteiger partial charge in [0.1, 0.15) is 41.9 Å². The van der Waals surface area contributed by atoms with Crippen LogP contribution in [0.15, 0.2) is 30.5 Å². The van der Waals surface area contributed by atoms with Crippen molar-refractivity contribution in [2.45, 2.75) is 204 Å². The van der Waals surface area contributed by atoms with Crippen molar-refractivity contribution >= 4 is 17.7 Å². The number of benzene rings is 1. The molecule has 4 fully saturated rings. The van der Waals surface area contributed by atoms with E-state index in [0.717, 1.165) is 0 Å². The Morgan fingerprint density at radius 1 is 0.958 bits per heavy atom. The number of aliphatic hydroxyl groups excluding tert-OH is 3. The van der Waals surface area contributed by atoms with Gasteiger partial charge in [0.25, 0.3) is 0 Å². The first kappa shape index (κ1) is 57.8. The number of hydrogen-bond donors (Lipinski definition) is 5. The van der Waals surface area contributed by atoms with Gasteiger partial charge in [0.2, 0.25) is 0 Å². The molecule has 408 valence electrons. The SMILES string of the molecule is CC[C@H]1OC(=O)[C@H](C)[C@@H](O[C@H]2C[C@@](C)(OC)[C@@H](O)[C@H](C)O2)C(C)[C@@H](O[C@@H]2O[C@H](C)C[C@H](N(C)CCc3cn(C[C@H]4CN(c5cccc(F)c5)C(=O)O4)nn3)[C@H]2O)[C@](C)(O)C[C@@H](C)CN(C)[C@H](C)C(O)[C@]1(C)O. The van der Waals surface area contributed by atoms with E-state index in [4.69, 9.17) is 33.2 Å². The Morgan fingerprint density at radius 2 is 1.67 bits per heavy atom. The normalized spacial score (nSPS) is 41.2. The van der Waals surface area contributed by atoms with Crippen LogP contribution in [0.3, 0.4) is 0 Å². The lowest BCUT2D eigenvalue weighted by Gasteiger charge is -2.49. The third-order valence-corrected chi connectivity index (χ3v) is 15.8. The summed E-state index contributed by atoms with van der Waals surface area (Å²) in [6.07, 6.45) is -8.28. The number of aromatic nitrogens is 3. The number of likely N-dealkylation sites (N-methyl/N-ethyl adjacent to an activating group) is 2. The minimum Gasteiger partial charge on any atom is -0.459 e. The Balaban J connectivity index is 1.24. The summed E-state index contributed by atoms with van der Waals surface area (Å²) in [6.45, 7) is 18.7. The summed E-state index contributed by atoms with van der Waals surface area (Å²) in [7, 11) is 5.20. The fourth-order valence-electron chi connectivity index (χ4n) is 11.3. The van der Waals surface area contributed by atoms with Crippen LogP contribution >= 0.6 is 0 Å². The highest BCUT2D eigenvalue weighted by molar-refractivity contribution is 5.89. The van der Waals surface area contributed by atoms with E-state index in [1.165, 1.54) is 37.1 Å². The summed E-state index contributed by atoms with van der Waals surface area (Å²) in [5.41, 5.74) is -3.51. The number of carbonyl (C=O) groups is 2. The van der Waals surface area contributed by atoms with Gasteiger partial charge in [-0.05, 0) is 106 Å². The van der Waals surface area contributed by atoms with Crippen LogP contribution in [0.5, 0.6) is 0 Å². The Kier molecular flexibility index (Phi) is 19.0. The third-order valence-electron chi connectivity index (χ3n) is 15.8. The highest BCUT2D eigenvalue weighted by Gasteiger charge is 2.53. The summed E-state index contributed by atoms with van der Waals surface area (Å²) >= 11 is 0. The van der Waals surface area contributed by atoms with Crippen LogP contribution < -0.4 is 4.90 Å². The van der Waals surface area contributed by atoms with Gasteiger partial charge in [0.05, 0.1) is 66.0 Å². The number of cyclic esters (lactones) is 2. The molecule has 2 aromatic rings. The monoisotopic (exact) mass is 1020 g/mol. The topological polar surface area (TPSA) is 240 Å². The second kappa shape index (κ2) is 23.6. The summed E-state index contributed by atoms with van der Waals surface area (Å²) in [5.74, 6) is -3.33. The molecule has 0 aliphatic carbocycles. The number of ether oxygens (including phenoxy) is 7. The second-order valence-electron chi connectivity index (χ2n) is 22.0. The summed E-state index contributed by atoms with van der Waals surface area (Å²) < 4.78 is 59.2. The van der Waals surface area contributed by atoms with Gasteiger partial charge in [0, 0.05) is 57.2 Å². The Bertz CT molecular complexity index is 2100. The van der Waals surface area contributed by atoms with Crippen molar-refractivity contribution in [3.8, 4) is 0 Å². The molecule has 5 heterocycles. The predicted molar refractivity (Wildman–Crippen MR) is 261 cm³/mol. The number of hydrogen-bond acceptors (Lipinski definition) is 18. The van der Waals surface area contributed by atoms with E-state index >= 15 is 0 Å². The molecule has 21 heteroatoms. The van der Waals surface area contributed by atoms with Gasteiger partial charge in [-0.1, -0.05) is 32.1 Å². The molecule has 72 heavy (non-hydrogen) atoms. The average molecular weight is 1020 g/mol. The van der Waals surface area contributed by atoms with E-state index in [-0.39, 0.29) is 38.3 Å². The Morgan fingerprint density at radius 3 is 2.33 bits per heavy atom. The van der Waals surface area contributed by atoms with Crippen molar-refractivity contribution < 1.29 is 72.7 Å². The standard InChI is InChI=1S/C51H83FN6O14/c1-14-39-51(10,65)43(60)32(6)56(12)24-28(2)22-49(8,64)45(30(4)42(31(5)46(62)70-39)71-40-23-50(9,66-13)44(61)33(7)68-40)72-47-41(59)38(20-29(3)67-47)55(11)19-18-35-25-57(54-53-35)26-37-27-58(48(63)69-37)36-17-15-16-34(52)21-36/h15-17,21,25,28-33,37-45,47,59-61,64-65H,14,18-20,22-24,26-27H2,1-13H3/t28-,29-,30?,31-,32-,33+,37+,38+,39-,40+,41-,42+,43?,44+,45-,47+,49-,50-,51-/m1/s1. The number of methoxy groups -OCH3 is 1. The molecular formula is C51H83FN6O14. The van der Waals surface area contributed by atoms with E-state index in [2.05, 4.69) is 10.3 Å². The zero-order valence-electron chi connectivity index (χ0n) is 44.5. The minimum atomic E-state index is -1.85. The molecule has 0 spiro atoms. The third kappa shape index (κ3) is 13.1. The number of halogens is 1. The fourth-order valence-corrected chi connectivity index (χ4v) is 11.3. The molecule has 5 N–H and O–H groups in total. The molecule has 6 rings (SSSR count). The quantitative estimate of drug-likeness (QED) is 0.181. The van der Waals surface area contributed by atoms with E-state index < -0.39 is 126 Å². The van der Waals surface area contributed by atoms with E-state index in [0.29, 0.717) is 37.3 Å². The molecule has 19 atom stereocenters. The van der Waals surface area contributed by atoms with Crippen LogP contribution in [0.25, 0.3) is 0 Å². The molecule has 1 aromatic carbocycles. The van der Waals surface area contributed by atoms with Crippen molar-refractivity contribution in [2.24, 2.45) is 17.8 Å². The maximum absolute atomic E-state index is 14.5. The highest BCUT2D eigenvalue weighted by atomic mass is 19.1. The second-order valence-corrected chi connectivity index (χ2v) is 22.0. The first-order valence-electron chi connectivity index (χ1n) is 25.6. The number of aliphatic hydroxyl groups is 5. The Hall–Kier alpha value is -3.45. The van der Waals surface area contributed by atoms with Gasteiger partial charge >= 0.3 is 12.1 Å². The average Bonchev–Trinajstić information content (AvgIpc) is 3.93. The van der Waals surface area contributed by atoms with Gasteiger partial charge in [0.15, 0.2) is 12.6 Å². The Labute approximate surface area is 423 Å². The summed E-state index contributed by atoms with van der Waals surface area (Å²) in [5, 5.41) is 68.3. The lowest BCUT2D eigenvalue weighted by molar-refractivity contribution is -0.318. The predicted octanol–water partition coefficient (Wildman–Crippen LogP) is 3.27. The lowest BCUT2D eigenvalue weighted by atomic mass is 9.77. The maximum Gasteiger partial charge on any atom is 0.414 e. The number of rotatable bonds is 13. The molecule has 0 bridgehead atoms. The van der Waals surface area contributed by atoms with Gasteiger partial charge in [-0.3, -0.25) is 9.69 Å². The molecule has 4 aliphatic rings. The molecule has 1 amide bonds. The minimum absolute atomic E-state index is 0.0840. The first-order chi connectivity index (χ1) is 33.7. The summed E-state index contributed by atoms with van der Waals surface area (Å²) in [6, 6.07) is 4.70. The van der Waals surface area contributed by atoms with Crippen LogP contribution in [-0.4, -0.2) is 200 Å². The maximum atomic E-state index is 14.5. The molecule has 1 aromatic heterocycles. The number of esters is 1. The van der Waals surface area contributed by atoms with Crippen molar-refractivity contribution in [1.82, 2.24) is 24.8 Å². The van der Waals surface area contributed by atoms with Crippen molar-refractivity contribution in [1.29, 1.82) is 0 Å². The van der Waals surface area contributed by atoms with Crippen LogP contribution in [0.1, 0.15) is 101 Å². The molecular weight excluding hydrogens is 940 g/mol. The number of carbonyl (C=O) groups excluding carboxylic acids is 2. The van der Waals surface area contributed by atoms with Gasteiger partial charge in [-0.2, -0.15) is 0 Å². The van der Waals surface area contributed by atoms with Gasteiger partial charge < -0.3 is 68.5 Å².